The van der Waals surface area contributed by atoms with E-state index in [1.807, 2.05) is 0 Å². The van der Waals surface area contributed by atoms with Crippen molar-refractivity contribution in [3.05, 3.63) is 18.2 Å². The van der Waals surface area contributed by atoms with Crippen molar-refractivity contribution >= 4 is 0 Å². The fourth-order valence-corrected chi connectivity index (χ4v) is 1.13. The van der Waals surface area contributed by atoms with Gasteiger partial charge in [0, 0.05) is 18.8 Å². The second-order valence-electron chi connectivity index (χ2n) is 3.46. The Balaban J connectivity index is 2.60. The lowest BCUT2D eigenvalue weighted by Gasteiger charge is -2.07. The minimum absolute atomic E-state index is 0.476. The predicted molar refractivity (Wildman–Crippen MR) is 46.6 cm³/mol. The monoisotopic (exact) mass is 188 g/mol. The molecule has 0 spiro atoms. The van der Waals surface area contributed by atoms with Crippen LogP contribution in [0.15, 0.2) is 12.4 Å². The molecule has 0 N–H and O–H groups in total. The molecule has 4 heteroatoms. The van der Waals surface area contributed by atoms with E-state index < -0.39 is 6.55 Å². The maximum absolute atomic E-state index is 12.3. The van der Waals surface area contributed by atoms with E-state index in [4.69, 9.17) is 0 Å². The minimum atomic E-state index is -2.47. The van der Waals surface area contributed by atoms with Gasteiger partial charge in [0.1, 0.15) is 5.82 Å². The molecule has 0 radical (unpaired) electrons. The molecule has 0 aliphatic rings. The molecule has 0 aliphatic carbocycles. The Morgan fingerprint density at radius 3 is 2.69 bits per heavy atom. The van der Waals surface area contributed by atoms with Gasteiger partial charge in [-0.05, 0) is 12.3 Å². The van der Waals surface area contributed by atoms with E-state index in [0.717, 1.165) is 11.0 Å². The number of hydrogen-bond acceptors (Lipinski definition) is 1. The smallest absolute Gasteiger partial charge is 0.278 e. The van der Waals surface area contributed by atoms with Gasteiger partial charge in [-0.2, -0.15) is 8.78 Å². The lowest BCUT2D eigenvalue weighted by Crippen LogP contribution is -2.04. The molecule has 0 atom stereocenters. The van der Waals surface area contributed by atoms with Crippen LogP contribution in [0.3, 0.4) is 0 Å². The number of halogens is 2. The summed E-state index contributed by atoms with van der Waals surface area (Å²) in [5.41, 5.74) is 0. The van der Waals surface area contributed by atoms with Crippen molar-refractivity contribution in [1.82, 2.24) is 9.55 Å². The normalized spacial score (nSPS) is 11.5. The number of imidazole rings is 1. The summed E-state index contributed by atoms with van der Waals surface area (Å²) >= 11 is 0. The van der Waals surface area contributed by atoms with Crippen LogP contribution in [-0.2, 0) is 6.42 Å². The number of nitrogens with zero attached hydrogens (tertiary/aromatic N) is 2. The molecule has 1 heterocycles. The van der Waals surface area contributed by atoms with Gasteiger partial charge in [-0.15, -0.1) is 0 Å². The Labute approximate surface area is 76.6 Å². The van der Waals surface area contributed by atoms with Crippen molar-refractivity contribution in [3.63, 3.8) is 0 Å². The van der Waals surface area contributed by atoms with Gasteiger partial charge in [-0.1, -0.05) is 13.8 Å². The highest BCUT2D eigenvalue weighted by Gasteiger charge is 2.10. The Kier molecular flexibility index (Phi) is 3.39. The molecule has 1 rings (SSSR count). The molecule has 2 nitrogen and oxygen atoms in total. The maximum Gasteiger partial charge on any atom is 0.319 e. The van der Waals surface area contributed by atoms with Gasteiger partial charge in [0.05, 0.1) is 0 Å². The summed E-state index contributed by atoms with van der Waals surface area (Å²) in [5, 5.41) is 0. The maximum atomic E-state index is 12.3. The zero-order chi connectivity index (χ0) is 9.84. The molecular weight excluding hydrogens is 174 g/mol. The van der Waals surface area contributed by atoms with Crippen molar-refractivity contribution in [2.24, 2.45) is 5.92 Å². The summed E-state index contributed by atoms with van der Waals surface area (Å²) in [4.78, 5) is 3.89. The van der Waals surface area contributed by atoms with Crippen LogP contribution in [0.2, 0.25) is 0 Å². The molecule has 0 saturated heterocycles. The second kappa shape index (κ2) is 4.35. The Morgan fingerprint density at radius 2 is 2.15 bits per heavy atom. The first kappa shape index (κ1) is 10.2. The van der Waals surface area contributed by atoms with Crippen molar-refractivity contribution in [3.8, 4) is 0 Å². The number of alkyl halides is 2. The molecule has 0 bridgehead atoms. The molecule has 0 fully saturated rings. The first-order valence-electron chi connectivity index (χ1n) is 4.41. The Bertz CT molecular complexity index is 256. The summed E-state index contributed by atoms with van der Waals surface area (Å²) in [6.07, 6.45) is 4.25. The summed E-state index contributed by atoms with van der Waals surface area (Å²) in [6.45, 7) is 1.66. The van der Waals surface area contributed by atoms with Gasteiger partial charge in [0.2, 0.25) is 0 Å². The highest BCUT2D eigenvalue weighted by atomic mass is 19.3. The molecule has 0 amide bonds. The third-order valence-electron chi connectivity index (χ3n) is 1.90. The Hall–Kier alpha value is -0.930. The SMILES string of the molecule is CC(C)CCc1nccn1C(F)F. The quantitative estimate of drug-likeness (QED) is 0.710. The number of rotatable bonds is 4. The molecule has 0 unspecified atom stereocenters. The second-order valence-corrected chi connectivity index (χ2v) is 3.46. The van der Waals surface area contributed by atoms with E-state index >= 15 is 0 Å². The van der Waals surface area contributed by atoms with E-state index in [1.165, 1.54) is 12.4 Å². The van der Waals surface area contributed by atoms with E-state index in [2.05, 4.69) is 18.8 Å². The molecule has 13 heavy (non-hydrogen) atoms. The number of aromatic nitrogens is 2. The topological polar surface area (TPSA) is 17.8 Å². The van der Waals surface area contributed by atoms with Crippen LogP contribution >= 0.6 is 0 Å². The van der Waals surface area contributed by atoms with E-state index in [-0.39, 0.29) is 0 Å². The first-order valence-corrected chi connectivity index (χ1v) is 4.41. The van der Waals surface area contributed by atoms with Crippen LogP contribution in [0.5, 0.6) is 0 Å². The average molecular weight is 188 g/mol. The van der Waals surface area contributed by atoms with Crippen molar-refractivity contribution in [2.45, 2.75) is 33.2 Å². The predicted octanol–water partition coefficient (Wildman–Crippen LogP) is 2.87. The highest BCUT2D eigenvalue weighted by molar-refractivity contribution is 4.92. The highest BCUT2D eigenvalue weighted by Crippen LogP contribution is 2.14. The zero-order valence-corrected chi connectivity index (χ0v) is 7.87. The lowest BCUT2D eigenvalue weighted by molar-refractivity contribution is 0.0668. The summed E-state index contributed by atoms with van der Waals surface area (Å²) < 4.78 is 25.5. The van der Waals surface area contributed by atoms with Crippen LogP contribution in [0.4, 0.5) is 8.78 Å². The molecule has 1 aromatic rings. The fourth-order valence-electron chi connectivity index (χ4n) is 1.13. The van der Waals surface area contributed by atoms with Crippen molar-refractivity contribution in [1.29, 1.82) is 0 Å². The number of hydrogen-bond donors (Lipinski definition) is 0. The summed E-state index contributed by atoms with van der Waals surface area (Å²) in [7, 11) is 0. The first-order chi connectivity index (χ1) is 6.11. The molecular formula is C9H14F2N2. The largest absolute Gasteiger partial charge is 0.319 e. The van der Waals surface area contributed by atoms with Gasteiger partial charge in [-0.25, -0.2) is 4.98 Å². The third-order valence-corrected chi connectivity index (χ3v) is 1.90. The van der Waals surface area contributed by atoms with Gasteiger partial charge in [0.15, 0.2) is 0 Å². The van der Waals surface area contributed by atoms with E-state index in [1.54, 1.807) is 0 Å². The van der Waals surface area contributed by atoms with Crippen LogP contribution in [0, 0.1) is 5.92 Å². The van der Waals surface area contributed by atoms with Gasteiger partial charge in [-0.3, -0.25) is 4.57 Å². The summed E-state index contributed by atoms with van der Waals surface area (Å²) in [5.74, 6) is 0.992. The standard InChI is InChI=1S/C9H14F2N2/c1-7(2)3-4-8-12-5-6-13(8)9(10)11/h5-7,9H,3-4H2,1-2H3. The zero-order valence-electron chi connectivity index (χ0n) is 7.87. The fraction of sp³-hybridized carbons (Fsp3) is 0.667. The minimum Gasteiger partial charge on any atom is -0.278 e. The van der Waals surface area contributed by atoms with Gasteiger partial charge < -0.3 is 0 Å². The van der Waals surface area contributed by atoms with Crippen LogP contribution in [-0.4, -0.2) is 9.55 Å². The molecule has 0 saturated carbocycles. The van der Waals surface area contributed by atoms with Crippen LogP contribution in [0.25, 0.3) is 0 Å². The molecule has 74 valence electrons. The number of aryl methyl sites for hydroxylation is 1. The molecule has 0 aromatic carbocycles. The molecule has 0 aliphatic heterocycles. The molecule has 1 aromatic heterocycles. The van der Waals surface area contributed by atoms with Gasteiger partial charge in [0.25, 0.3) is 0 Å². The van der Waals surface area contributed by atoms with E-state index in [9.17, 15) is 8.78 Å². The Morgan fingerprint density at radius 1 is 1.46 bits per heavy atom. The van der Waals surface area contributed by atoms with E-state index in [0.29, 0.717) is 18.2 Å². The third kappa shape index (κ3) is 2.79. The van der Waals surface area contributed by atoms with Crippen LogP contribution < -0.4 is 0 Å². The average Bonchev–Trinajstić information content (AvgIpc) is 2.47. The summed E-state index contributed by atoms with van der Waals surface area (Å²) in [6, 6.07) is 0. The lowest BCUT2D eigenvalue weighted by atomic mass is 10.1. The van der Waals surface area contributed by atoms with Crippen LogP contribution in [0.1, 0.15) is 32.6 Å². The van der Waals surface area contributed by atoms with Crippen molar-refractivity contribution in [2.75, 3.05) is 0 Å². The van der Waals surface area contributed by atoms with Gasteiger partial charge >= 0.3 is 6.55 Å². The van der Waals surface area contributed by atoms with Crippen molar-refractivity contribution < 1.29 is 8.78 Å².